The van der Waals surface area contributed by atoms with Crippen molar-refractivity contribution in [3.05, 3.63) is 23.7 Å². The fourth-order valence-electron chi connectivity index (χ4n) is 3.70. The van der Waals surface area contributed by atoms with Crippen molar-refractivity contribution >= 4 is 5.97 Å². The van der Waals surface area contributed by atoms with Gasteiger partial charge in [-0.2, -0.15) is 0 Å². The zero-order valence-corrected chi connectivity index (χ0v) is 11.2. The Balaban J connectivity index is 1.68. The molecule has 2 aliphatic rings. The molecule has 2 atom stereocenters. The second-order valence-electron chi connectivity index (χ2n) is 5.80. The highest BCUT2D eigenvalue weighted by molar-refractivity contribution is 5.84. The number of piperidine rings is 1. The average molecular weight is 263 g/mol. The fraction of sp³-hybridized carbons (Fsp3) is 0.667. The molecule has 0 bridgehead atoms. The predicted octanol–water partition coefficient (Wildman–Crippen LogP) is 3.13. The van der Waals surface area contributed by atoms with Crippen LogP contribution in [0.15, 0.2) is 16.5 Å². The van der Waals surface area contributed by atoms with Crippen LogP contribution < -0.4 is 0 Å². The van der Waals surface area contributed by atoms with Gasteiger partial charge in [0.15, 0.2) is 0 Å². The number of carboxylic acid groups (broad SMARTS) is 1. The van der Waals surface area contributed by atoms with Crippen molar-refractivity contribution in [3.63, 3.8) is 0 Å². The Bertz CT molecular complexity index is 452. The monoisotopic (exact) mass is 263 g/mol. The topological polar surface area (TPSA) is 53.7 Å². The van der Waals surface area contributed by atoms with Crippen molar-refractivity contribution in [2.45, 2.75) is 51.1 Å². The van der Waals surface area contributed by atoms with Gasteiger partial charge in [0, 0.05) is 6.04 Å². The molecule has 19 heavy (non-hydrogen) atoms. The predicted molar refractivity (Wildman–Crippen MR) is 71.1 cm³/mol. The summed E-state index contributed by atoms with van der Waals surface area (Å²) in [6, 6.07) is 4.04. The molecule has 3 rings (SSSR count). The minimum absolute atomic E-state index is 0.0483. The lowest BCUT2D eigenvalue weighted by Gasteiger charge is -2.43. The van der Waals surface area contributed by atoms with Gasteiger partial charge in [0.25, 0.3) is 0 Å². The van der Waals surface area contributed by atoms with E-state index in [1.165, 1.54) is 38.5 Å². The van der Waals surface area contributed by atoms with Crippen molar-refractivity contribution in [2.24, 2.45) is 5.92 Å². The van der Waals surface area contributed by atoms with Crippen molar-refractivity contribution in [2.75, 3.05) is 6.54 Å². The van der Waals surface area contributed by atoms with E-state index in [4.69, 9.17) is 9.52 Å². The van der Waals surface area contributed by atoms with Crippen LogP contribution >= 0.6 is 0 Å². The third-order valence-corrected chi connectivity index (χ3v) is 4.59. The summed E-state index contributed by atoms with van der Waals surface area (Å²) in [5.41, 5.74) is 0. The molecule has 1 aromatic rings. The summed E-state index contributed by atoms with van der Waals surface area (Å²) >= 11 is 0. The molecule has 0 spiro atoms. The lowest BCUT2D eigenvalue weighted by atomic mass is 9.78. The Morgan fingerprint density at radius 3 is 2.84 bits per heavy atom. The van der Waals surface area contributed by atoms with Crippen molar-refractivity contribution in [3.8, 4) is 0 Å². The Morgan fingerprint density at radius 1 is 1.26 bits per heavy atom. The zero-order valence-electron chi connectivity index (χ0n) is 11.2. The minimum atomic E-state index is -0.986. The number of aromatic carboxylic acids is 1. The molecule has 1 aromatic heterocycles. The molecule has 2 unspecified atom stereocenters. The quantitative estimate of drug-likeness (QED) is 0.910. The van der Waals surface area contributed by atoms with Crippen LogP contribution in [-0.2, 0) is 6.54 Å². The molecule has 0 amide bonds. The van der Waals surface area contributed by atoms with E-state index in [0.29, 0.717) is 6.04 Å². The molecule has 4 heteroatoms. The van der Waals surface area contributed by atoms with E-state index in [0.717, 1.165) is 24.8 Å². The molecule has 1 aliphatic carbocycles. The molecule has 4 nitrogen and oxygen atoms in total. The zero-order chi connectivity index (χ0) is 13.2. The molecule has 0 radical (unpaired) electrons. The second kappa shape index (κ2) is 5.37. The van der Waals surface area contributed by atoms with E-state index in [-0.39, 0.29) is 5.76 Å². The first-order valence-electron chi connectivity index (χ1n) is 7.30. The first-order chi connectivity index (χ1) is 9.24. The van der Waals surface area contributed by atoms with Crippen LogP contribution in [0.4, 0.5) is 0 Å². The molecule has 0 aromatic carbocycles. The highest BCUT2D eigenvalue weighted by Gasteiger charge is 2.33. The molecule has 1 aliphatic heterocycles. The molecular weight excluding hydrogens is 242 g/mol. The molecule has 104 valence electrons. The fourth-order valence-corrected chi connectivity index (χ4v) is 3.70. The Morgan fingerprint density at radius 2 is 2.05 bits per heavy atom. The minimum Gasteiger partial charge on any atom is -0.475 e. The van der Waals surface area contributed by atoms with Crippen LogP contribution in [0.2, 0.25) is 0 Å². The summed E-state index contributed by atoms with van der Waals surface area (Å²) in [6.45, 7) is 1.87. The van der Waals surface area contributed by atoms with Gasteiger partial charge in [-0.25, -0.2) is 4.79 Å². The van der Waals surface area contributed by atoms with Gasteiger partial charge in [-0.1, -0.05) is 12.8 Å². The Kier molecular flexibility index (Phi) is 3.60. The summed E-state index contributed by atoms with van der Waals surface area (Å²) < 4.78 is 5.39. The van der Waals surface area contributed by atoms with E-state index in [9.17, 15) is 4.79 Å². The normalized spacial score (nSPS) is 28.0. The van der Waals surface area contributed by atoms with Crippen LogP contribution in [0.25, 0.3) is 0 Å². The van der Waals surface area contributed by atoms with E-state index in [1.54, 1.807) is 12.1 Å². The van der Waals surface area contributed by atoms with E-state index in [2.05, 4.69) is 4.90 Å². The Labute approximate surface area is 113 Å². The lowest BCUT2D eigenvalue weighted by molar-refractivity contribution is 0.0481. The van der Waals surface area contributed by atoms with Crippen LogP contribution in [0.1, 0.15) is 54.8 Å². The first kappa shape index (κ1) is 12.7. The smallest absolute Gasteiger partial charge is 0.371 e. The molecule has 1 saturated carbocycles. The summed E-state index contributed by atoms with van der Waals surface area (Å²) in [5.74, 6) is 0.688. The third kappa shape index (κ3) is 2.68. The summed E-state index contributed by atoms with van der Waals surface area (Å²) in [7, 11) is 0. The van der Waals surface area contributed by atoms with Gasteiger partial charge in [0.2, 0.25) is 5.76 Å². The average Bonchev–Trinajstić information content (AvgIpc) is 2.88. The third-order valence-electron chi connectivity index (χ3n) is 4.59. The van der Waals surface area contributed by atoms with E-state index in [1.807, 2.05) is 0 Å². The number of likely N-dealkylation sites (tertiary alicyclic amines) is 1. The summed E-state index contributed by atoms with van der Waals surface area (Å²) in [5, 5.41) is 8.88. The lowest BCUT2D eigenvalue weighted by Crippen LogP contribution is -2.46. The Hall–Kier alpha value is -1.29. The van der Waals surface area contributed by atoms with E-state index >= 15 is 0 Å². The van der Waals surface area contributed by atoms with Crippen molar-refractivity contribution in [1.82, 2.24) is 4.90 Å². The maximum absolute atomic E-state index is 10.8. The highest BCUT2D eigenvalue weighted by atomic mass is 16.4. The van der Waals surface area contributed by atoms with Gasteiger partial charge < -0.3 is 9.52 Å². The number of carboxylic acids is 1. The number of fused-ring (bicyclic) bond motifs is 1. The summed E-state index contributed by atoms with van der Waals surface area (Å²) in [4.78, 5) is 13.3. The van der Waals surface area contributed by atoms with Gasteiger partial charge in [-0.15, -0.1) is 0 Å². The van der Waals surface area contributed by atoms with Gasteiger partial charge in [0.05, 0.1) is 6.54 Å². The van der Waals surface area contributed by atoms with Gasteiger partial charge in [0.1, 0.15) is 5.76 Å². The second-order valence-corrected chi connectivity index (χ2v) is 5.80. The summed E-state index contributed by atoms with van der Waals surface area (Å²) in [6.07, 6.45) is 7.97. The molecule has 1 N–H and O–H groups in total. The van der Waals surface area contributed by atoms with Gasteiger partial charge in [-0.3, -0.25) is 4.90 Å². The molecule has 1 saturated heterocycles. The number of carbonyl (C=O) groups is 1. The molecule has 2 heterocycles. The van der Waals surface area contributed by atoms with Crippen LogP contribution in [0, 0.1) is 5.92 Å². The number of rotatable bonds is 3. The number of hydrogen-bond donors (Lipinski definition) is 1. The largest absolute Gasteiger partial charge is 0.475 e. The number of nitrogens with zero attached hydrogens (tertiary/aromatic N) is 1. The van der Waals surface area contributed by atoms with Gasteiger partial charge >= 0.3 is 5.97 Å². The standard InChI is InChI=1S/C15H21NO3/c17-15(18)14-8-7-12(19-14)10-16-9-3-5-11-4-1-2-6-13(11)16/h7-8,11,13H,1-6,9-10H2,(H,17,18). The van der Waals surface area contributed by atoms with Crippen LogP contribution in [0.5, 0.6) is 0 Å². The number of furan rings is 1. The van der Waals surface area contributed by atoms with Crippen molar-refractivity contribution < 1.29 is 14.3 Å². The van der Waals surface area contributed by atoms with Crippen LogP contribution in [-0.4, -0.2) is 28.6 Å². The van der Waals surface area contributed by atoms with Crippen molar-refractivity contribution in [1.29, 1.82) is 0 Å². The maximum Gasteiger partial charge on any atom is 0.371 e. The molecule has 2 fully saturated rings. The number of hydrogen-bond acceptors (Lipinski definition) is 3. The van der Waals surface area contributed by atoms with Gasteiger partial charge in [-0.05, 0) is 50.3 Å². The van der Waals surface area contributed by atoms with Crippen LogP contribution in [0.3, 0.4) is 0 Å². The maximum atomic E-state index is 10.8. The SMILES string of the molecule is O=C(O)c1ccc(CN2CCCC3CCCCC32)o1. The highest BCUT2D eigenvalue weighted by Crippen LogP contribution is 2.36. The van der Waals surface area contributed by atoms with E-state index < -0.39 is 5.97 Å². The molecular formula is C15H21NO3. The first-order valence-corrected chi connectivity index (χ1v) is 7.30.